The van der Waals surface area contributed by atoms with E-state index >= 15 is 0 Å². The number of amides is 1. The van der Waals surface area contributed by atoms with E-state index in [4.69, 9.17) is 17.0 Å². The van der Waals surface area contributed by atoms with Crippen LogP contribution in [0, 0.1) is 7.14 Å². The first-order chi connectivity index (χ1) is 11.4. The van der Waals surface area contributed by atoms with Crippen molar-refractivity contribution in [2.45, 2.75) is 6.92 Å². The molecule has 0 N–H and O–H groups in total. The van der Waals surface area contributed by atoms with Crippen LogP contribution in [0.15, 0.2) is 17.0 Å². The maximum Gasteiger partial charge on any atom is 0.343 e. The van der Waals surface area contributed by atoms with Crippen molar-refractivity contribution in [1.29, 1.82) is 0 Å². The van der Waals surface area contributed by atoms with E-state index in [2.05, 4.69) is 49.9 Å². The first-order valence-electron chi connectivity index (χ1n) is 6.81. The fourth-order valence-corrected chi connectivity index (χ4v) is 5.43. The zero-order valence-electron chi connectivity index (χ0n) is 12.8. The summed E-state index contributed by atoms with van der Waals surface area (Å²) in [5.41, 5.74) is 0.880. The van der Waals surface area contributed by atoms with Gasteiger partial charge in [0, 0.05) is 6.54 Å². The molecule has 1 aliphatic heterocycles. The number of hydrogen-bond acceptors (Lipinski definition) is 6. The summed E-state index contributed by atoms with van der Waals surface area (Å²) < 4.78 is 12.4. The van der Waals surface area contributed by atoms with E-state index in [9.17, 15) is 9.59 Å². The van der Waals surface area contributed by atoms with Gasteiger partial charge < -0.3 is 9.47 Å². The van der Waals surface area contributed by atoms with Gasteiger partial charge in [0.1, 0.15) is 10.1 Å². The van der Waals surface area contributed by atoms with E-state index in [0.717, 1.165) is 12.7 Å². The molecule has 0 bridgehead atoms. The number of esters is 1. The van der Waals surface area contributed by atoms with E-state index in [1.807, 2.05) is 25.1 Å². The molecule has 9 heteroatoms. The number of rotatable bonds is 5. The molecule has 0 aromatic heterocycles. The van der Waals surface area contributed by atoms with Gasteiger partial charge in [-0.15, -0.1) is 0 Å². The molecule has 0 spiro atoms. The monoisotopic (exact) mass is 589 g/mol. The summed E-state index contributed by atoms with van der Waals surface area (Å²) in [6.07, 6.45) is 1.82. The smallest absolute Gasteiger partial charge is 0.343 e. The number of nitrogens with zero attached hydrogens (tertiary/aromatic N) is 1. The van der Waals surface area contributed by atoms with Crippen molar-refractivity contribution in [3.8, 4) is 5.75 Å². The third kappa shape index (κ3) is 4.61. The van der Waals surface area contributed by atoms with Crippen LogP contribution in [-0.2, 0) is 14.3 Å². The van der Waals surface area contributed by atoms with Gasteiger partial charge in [-0.25, -0.2) is 4.79 Å². The van der Waals surface area contributed by atoms with Gasteiger partial charge >= 0.3 is 5.97 Å². The Labute approximate surface area is 176 Å². The third-order valence-electron chi connectivity index (χ3n) is 3.07. The Balaban J connectivity index is 2.24. The minimum absolute atomic E-state index is 0.0662. The van der Waals surface area contributed by atoms with Gasteiger partial charge in [-0.3, -0.25) is 9.69 Å². The molecule has 1 aromatic rings. The topological polar surface area (TPSA) is 55.8 Å². The number of likely N-dealkylation sites (N-methyl/N-ethyl adjacent to an activating group) is 1. The van der Waals surface area contributed by atoms with Crippen molar-refractivity contribution in [2.75, 3.05) is 20.3 Å². The first kappa shape index (κ1) is 19.9. The molecule has 0 radical (unpaired) electrons. The number of carbonyl (C=O) groups is 2. The number of carbonyl (C=O) groups excluding carboxylic acids is 2. The Hall–Kier alpha value is -0.400. The lowest BCUT2D eigenvalue weighted by molar-refractivity contribution is -0.143. The Bertz CT molecular complexity index is 713. The second-order valence-corrected chi connectivity index (χ2v) is 8.60. The lowest BCUT2D eigenvalue weighted by Crippen LogP contribution is -2.27. The van der Waals surface area contributed by atoms with Crippen LogP contribution in [0.3, 0.4) is 0 Å². The molecule has 2 rings (SSSR count). The van der Waals surface area contributed by atoms with Crippen molar-refractivity contribution < 1.29 is 19.1 Å². The Morgan fingerprint density at radius 1 is 1.38 bits per heavy atom. The van der Waals surface area contributed by atoms with Gasteiger partial charge in [0.2, 0.25) is 0 Å². The van der Waals surface area contributed by atoms with Gasteiger partial charge in [-0.1, -0.05) is 24.0 Å². The molecular weight excluding hydrogens is 576 g/mol. The normalized spacial score (nSPS) is 16.0. The predicted molar refractivity (Wildman–Crippen MR) is 115 cm³/mol. The molecule has 0 unspecified atom stereocenters. The standard InChI is InChI=1S/C15H13I2NO4S2/c1-3-18-14(20)11(24-15(18)23)6-8-4-9(16)13(10(17)5-8)22-7-12(19)21-2/h4-6H,3,7H2,1-2H3/b11-6-. The largest absolute Gasteiger partial charge is 0.480 e. The van der Waals surface area contributed by atoms with Crippen LogP contribution in [0.1, 0.15) is 12.5 Å². The van der Waals surface area contributed by atoms with Crippen LogP contribution in [0.2, 0.25) is 0 Å². The highest BCUT2D eigenvalue weighted by Crippen LogP contribution is 2.34. The van der Waals surface area contributed by atoms with Crippen molar-refractivity contribution in [1.82, 2.24) is 4.90 Å². The molecule has 1 amide bonds. The highest BCUT2D eigenvalue weighted by atomic mass is 127. The summed E-state index contributed by atoms with van der Waals surface area (Å²) in [7, 11) is 1.32. The zero-order valence-corrected chi connectivity index (χ0v) is 18.7. The second kappa shape index (κ2) is 8.81. The maximum atomic E-state index is 12.3. The average Bonchev–Trinajstić information content (AvgIpc) is 2.79. The number of benzene rings is 1. The van der Waals surface area contributed by atoms with E-state index in [1.54, 1.807) is 4.90 Å². The van der Waals surface area contributed by atoms with Crippen LogP contribution >= 0.6 is 69.2 Å². The molecular formula is C15H13I2NO4S2. The molecule has 5 nitrogen and oxygen atoms in total. The van der Waals surface area contributed by atoms with Crippen molar-refractivity contribution in [3.05, 3.63) is 29.7 Å². The number of thioether (sulfide) groups is 1. The van der Waals surface area contributed by atoms with Crippen molar-refractivity contribution >= 4 is 91.4 Å². The summed E-state index contributed by atoms with van der Waals surface area (Å²) in [6, 6.07) is 3.79. The van der Waals surface area contributed by atoms with Crippen LogP contribution in [0.5, 0.6) is 5.75 Å². The number of halogens is 2. The minimum Gasteiger partial charge on any atom is -0.480 e. The highest BCUT2D eigenvalue weighted by molar-refractivity contribution is 14.1. The second-order valence-electron chi connectivity index (χ2n) is 4.60. The maximum absolute atomic E-state index is 12.3. The molecule has 24 heavy (non-hydrogen) atoms. The average molecular weight is 589 g/mol. The molecule has 1 aliphatic rings. The number of thiocarbonyl (C=S) groups is 1. The van der Waals surface area contributed by atoms with Crippen LogP contribution < -0.4 is 4.74 Å². The SMILES string of the molecule is CCN1C(=O)/C(=C/c2cc(I)c(OCC(=O)OC)c(I)c2)SC1=S. The Morgan fingerprint density at radius 3 is 2.50 bits per heavy atom. The van der Waals surface area contributed by atoms with E-state index < -0.39 is 5.97 Å². The third-order valence-corrected chi connectivity index (χ3v) is 6.05. The van der Waals surface area contributed by atoms with Gasteiger partial charge in [0.25, 0.3) is 5.91 Å². The minimum atomic E-state index is -0.436. The fourth-order valence-electron chi connectivity index (χ4n) is 1.91. The van der Waals surface area contributed by atoms with Gasteiger partial charge in [0.15, 0.2) is 6.61 Å². The number of methoxy groups -OCH3 is 1. The van der Waals surface area contributed by atoms with E-state index in [0.29, 0.717) is 21.5 Å². The van der Waals surface area contributed by atoms with Crippen LogP contribution in [0.4, 0.5) is 0 Å². The predicted octanol–water partition coefficient (Wildman–Crippen LogP) is 3.67. The van der Waals surface area contributed by atoms with Gasteiger partial charge in [-0.05, 0) is 75.9 Å². The summed E-state index contributed by atoms with van der Waals surface area (Å²) in [5, 5.41) is 0. The van der Waals surface area contributed by atoms with Gasteiger partial charge in [0.05, 0.1) is 19.2 Å². The molecule has 0 aliphatic carbocycles. The summed E-state index contributed by atoms with van der Waals surface area (Å²) in [5.74, 6) is 0.123. The first-order valence-corrected chi connectivity index (χ1v) is 10.2. The Morgan fingerprint density at radius 2 is 2.00 bits per heavy atom. The van der Waals surface area contributed by atoms with Crippen molar-refractivity contribution in [2.24, 2.45) is 0 Å². The van der Waals surface area contributed by atoms with E-state index in [1.165, 1.54) is 18.9 Å². The number of ether oxygens (including phenoxy) is 2. The van der Waals surface area contributed by atoms with Crippen LogP contribution in [0.25, 0.3) is 6.08 Å². The fraction of sp³-hybridized carbons (Fsp3) is 0.267. The van der Waals surface area contributed by atoms with Gasteiger partial charge in [-0.2, -0.15) is 0 Å². The zero-order chi connectivity index (χ0) is 17.9. The molecule has 1 saturated heterocycles. The lowest BCUT2D eigenvalue weighted by atomic mass is 10.2. The summed E-state index contributed by atoms with van der Waals surface area (Å²) >= 11 is 10.8. The molecule has 1 heterocycles. The quantitative estimate of drug-likeness (QED) is 0.226. The summed E-state index contributed by atoms with van der Waals surface area (Å²) in [4.78, 5) is 25.7. The molecule has 0 atom stereocenters. The molecule has 0 saturated carbocycles. The highest BCUT2D eigenvalue weighted by Gasteiger charge is 2.30. The summed E-state index contributed by atoms with van der Waals surface area (Å²) in [6.45, 7) is 2.32. The molecule has 1 aromatic carbocycles. The van der Waals surface area contributed by atoms with Crippen LogP contribution in [-0.4, -0.2) is 41.4 Å². The lowest BCUT2D eigenvalue weighted by Gasteiger charge is -2.11. The van der Waals surface area contributed by atoms with Crippen molar-refractivity contribution in [3.63, 3.8) is 0 Å². The Kier molecular flexibility index (Phi) is 7.31. The molecule has 128 valence electrons. The number of hydrogen-bond donors (Lipinski definition) is 0. The molecule has 1 fully saturated rings. The van der Waals surface area contributed by atoms with E-state index in [-0.39, 0.29) is 12.5 Å².